The van der Waals surface area contributed by atoms with Crippen LogP contribution in [0.15, 0.2) is 0 Å². The number of ether oxygens (including phenoxy) is 1. The van der Waals surface area contributed by atoms with Gasteiger partial charge < -0.3 is 15.4 Å². The zero-order chi connectivity index (χ0) is 13.9. The standard InChI is InChI=1S/C14H23N5O/c1-10-4-6-11(7-5-10)20-14-17-12(15)16-13(18-14)19-8-2-3-9-19/h10-11H,2-9H2,1H3,(H2,15,16,17,18). The Bertz CT molecular complexity index is 453. The average molecular weight is 277 g/mol. The largest absolute Gasteiger partial charge is 0.460 e. The van der Waals surface area contributed by atoms with Crippen molar-refractivity contribution in [2.45, 2.75) is 51.6 Å². The van der Waals surface area contributed by atoms with E-state index in [-0.39, 0.29) is 12.1 Å². The molecule has 0 atom stereocenters. The van der Waals surface area contributed by atoms with Crippen molar-refractivity contribution in [3.8, 4) is 6.01 Å². The first-order chi connectivity index (χ1) is 9.70. The Kier molecular flexibility index (Phi) is 3.89. The minimum absolute atomic E-state index is 0.222. The summed E-state index contributed by atoms with van der Waals surface area (Å²) in [4.78, 5) is 14.9. The molecule has 2 fully saturated rings. The molecule has 20 heavy (non-hydrogen) atoms. The van der Waals surface area contributed by atoms with Gasteiger partial charge in [0, 0.05) is 13.1 Å². The summed E-state index contributed by atoms with van der Waals surface area (Å²) in [5, 5.41) is 0. The van der Waals surface area contributed by atoms with Gasteiger partial charge in [0.25, 0.3) is 0 Å². The van der Waals surface area contributed by atoms with Gasteiger partial charge in [-0.25, -0.2) is 0 Å². The van der Waals surface area contributed by atoms with E-state index in [9.17, 15) is 0 Å². The van der Waals surface area contributed by atoms with Crippen LogP contribution in [0.3, 0.4) is 0 Å². The minimum Gasteiger partial charge on any atom is -0.460 e. The molecule has 6 heteroatoms. The fraction of sp³-hybridized carbons (Fsp3) is 0.786. The number of rotatable bonds is 3. The molecule has 1 aromatic heterocycles. The minimum atomic E-state index is 0.222. The first-order valence-electron chi connectivity index (χ1n) is 7.64. The van der Waals surface area contributed by atoms with Gasteiger partial charge in [-0.05, 0) is 44.4 Å². The molecule has 0 bridgehead atoms. The maximum Gasteiger partial charge on any atom is 0.323 e. The van der Waals surface area contributed by atoms with Gasteiger partial charge in [0.2, 0.25) is 11.9 Å². The van der Waals surface area contributed by atoms with Crippen molar-refractivity contribution in [2.24, 2.45) is 5.92 Å². The molecule has 1 aromatic rings. The van der Waals surface area contributed by atoms with E-state index in [0.29, 0.717) is 12.0 Å². The molecule has 2 aliphatic rings. The van der Waals surface area contributed by atoms with E-state index in [1.54, 1.807) is 0 Å². The third kappa shape index (κ3) is 3.11. The highest BCUT2D eigenvalue weighted by molar-refractivity contribution is 5.36. The Hall–Kier alpha value is -1.59. The molecular formula is C14H23N5O. The second-order valence-corrected chi connectivity index (χ2v) is 5.97. The van der Waals surface area contributed by atoms with Crippen LogP contribution in [0.5, 0.6) is 6.01 Å². The Morgan fingerprint density at radius 1 is 1.05 bits per heavy atom. The van der Waals surface area contributed by atoms with Gasteiger partial charge in [0.05, 0.1) is 0 Å². The maximum atomic E-state index is 5.92. The van der Waals surface area contributed by atoms with Crippen molar-refractivity contribution in [1.29, 1.82) is 0 Å². The second kappa shape index (κ2) is 5.81. The van der Waals surface area contributed by atoms with E-state index in [4.69, 9.17) is 10.5 Å². The van der Waals surface area contributed by atoms with Crippen molar-refractivity contribution in [3.05, 3.63) is 0 Å². The highest BCUT2D eigenvalue weighted by atomic mass is 16.5. The summed E-state index contributed by atoms with van der Waals surface area (Å²) in [7, 11) is 0. The van der Waals surface area contributed by atoms with Crippen molar-refractivity contribution in [3.63, 3.8) is 0 Å². The average Bonchev–Trinajstić information content (AvgIpc) is 2.95. The molecule has 1 saturated heterocycles. The quantitative estimate of drug-likeness (QED) is 0.910. The number of nitrogen functional groups attached to an aromatic ring is 1. The zero-order valence-corrected chi connectivity index (χ0v) is 12.1. The van der Waals surface area contributed by atoms with Gasteiger partial charge in [-0.1, -0.05) is 6.92 Å². The third-order valence-corrected chi connectivity index (χ3v) is 4.24. The summed E-state index contributed by atoms with van der Waals surface area (Å²) in [5.74, 6) is 1.72. The van der Waals surface area contributed by atoms with E-state index >= 15 is 0 Å². The summed E-state index contributed by atoms with van der Waals surface area (Å²) in [6.07, 6.45) is 7.16. The van der Waals surface area contributed by atoms with Crippen LogP contribution >= 0.6 is 0 Å². The molecule has 0 radical (unpaired) electrons. The van der Waals surface area contributed by atoms with Crippen LogP contribution in [-0.2, 0) is 0 Å². The Morgan fingerprint density at radius 2 is 1.75 bits per heavy atom. The van der Waals surface area contributed by atoms with E-state index in [2.05, 4.69) is 26.8 Å². The van der Waals surface area contributed by atoms with Gasteiger partial charge in [0.15, 0.2) is 0 Å². The Balaban J connectivity index is 1.69. The first-order valence-corrected chi connectivity index (χ1v) is 7.64. The topological polar surface area (TPSA) is 77.2 Å². The SMILES string of the molecule is CC1CCC(Oc2nc(N)nc(N3CCCC3)n2)CC1. The van der Waals surface area contributed by atoms with Gasteiger partial charge >= 0.3 is 6.01 Å². The van der Waals surface area contributed by atoms with E-state index in [1.165, 1.54) is 25.7 Å². The molecule has 3 rings (SSSR count). The third-order valence-electron chi connectivity index (χ3n) is 4.24. The van der Waals surface area contributed by atoms with Crippen molar-refractivity contribution >= 4 is 11.9 Å². The molecule has 6 nitrogen and oxygen atoms in total. The molecule has 0 unspecified atom stereocenters. The summed E-state index contributed by atoms with van der Waals surface area (Å²) in [6.45, 7) is 4.27. The predicted octanol–water partition coefficient (Wildman–Crippen LogP) is 2.01. The van der Waals surface area contributed by atoms with Crippen LogP contribution < -0.4 is 15.4 Å². The summed E-state index contributed by atoms with van der Waals surface area (Å²) >= 11 is 0. The first kappa shape index (κ1) is 13.4. The monoisotopic (exact) mass is 277 g/mol. The molecule has 1 saturated carbocycles. The Labute approximate surface area is 119 Å². The predicted molar refractivity (Wildman–Crippen MR) is 77.7 cm³/mol. The molecular weight excluding hydrogens is 254 g/mol. The number of hydrogen-bond acceptors (Lipinski definition) is 6. The molecule has 1 aliphatic carbocycles. The van der Waals surface area contributed by atoms with Crippen LogP contribution in [0.2, 0.25) is 0 Å². The van der Waals surface area contributed by atoms with E-state index in [1.807, 2.05) is 0 Å². The van der Waals surface area contributed by atoms with Crippen LogP contribution in [0.4, 0.5) is 11.9 Å². The molecule has 0 aromatic carbocycles. The molecule has 0 spiro atoms. The van der Waals surface area contributed by atoms with Crippen molar-refractivity contribution in [1.82, 2.24) is 15.0 Å². The van der Waals surface area contributed by atoms with Gasteiger partial charge in [-0.2, -0.15) is 15.0 Å². The van der Waals surface area contributed by atoms with E-state index in [0.717, 1.165) is 31.8 Å². The summed E-state index contributed by atoms with van der Waals surface area (Å²) < 4.78 is 5.92. The van der Waals surface area contributed by atoms with Gasteiger partial charge in [-0.15, -0.1) is 0 Å². The van der Waals surface area contributed by atoms with Gasteiger partial charge in [0.1, 0.15) is 6.10 Å². The number of hydrogen-bond donors (Lipinski definition) is 1. The smallest absolute Gasteiger partial charge is 0.323 e. The number of nitrogens with zero attached hydrogens (tertiary/aromatic N) is 4. The zero-order valence-electron chi connectivity index (χ0n) is 12.1. The van der Waals surface area contributed by atoms with Crippen LogP contribution in [0.1, 0.15) is 45.4 Å². The fourth-order valence-corrected chi connectivity index (χ4v) is 2.97. The summed E-state index contributed by atoms with van der Waals surface area (Å²) in [5.41, 5.74) is 5.79. The molecule has 1 aliphatic heterocycles. The lowest BCUT2D eigenvalue weighted by molar-refractivity contribution is 0.124. The molecule has 2 heterocycles. The molecule has 2 N–H and O–H groups in total. The number of anilines is 2. The Morgan fingerprint density at radius 3 is 2.45 bits per heavy atom. The van der Waals surface area contributed by atoms with Gasteiger partial charge in [-0.3, -0.25) is 0 Å². The number of nitrogens with two attached hydrogens (primary N) is 1. The molecule has 0 amide bonds. The lowest BCUT2D eigenvalue weighted by Crippen LogP contribution is -2.26. The maximum absolute atomic E-state index is 5.92. The van der Waals surface area contributed by atoms with Crippen molar-refractivity contribution in [2.75, 3.05) is 23.7 Å². The second-order valence-electron chi connectivity index (χ2n) is 5.97. The normalized spacial score (nSPS) is 26.8. The van der Waals surface area contributed by atoms with E-state index < -0.39 is 0 Å². The highest BCUT2D eigenvalue weighted by Crippen LogP contribution is 2.27. The highest BCUT2D eigenvalue weighted by Gasteiger charge is 2.22. The van der Waals surface area contributed by atoms with Crippen LogP contribution in [0, 0.1) is 5.92 Å². The van der Waals surface area contributed by atoms with Crippen LogP contribution in [-0.4, -0.2) is 34.1 Å². The number of aromatic nitrogens is 3. The lowest BCUT2D eigenvalue weighted by Gasteiger charge is -2.26. The van der Waals surface area contributed by atoms with Crippen molar-refractivity contribution < 1.29 is 4.74 Å². The lowest BCUT2D eigenvalue weighted by atomic mass is 9.89. The fourth-order valence-electron chi connectivity index (χ4n) is 2.97. The molecule has 110 valence electrons. The summed E-state index contributed by atoms with van der Waals surface area (Å²) in [6, 6.07) is 0.388. The van der Waals surface area contributed by atoms with Crippen LogP contribution in [0.25, 0.3) is 0 Å².